The van der Waals surface area contributed by atoms with Gasteiger partial charge in [0.1, 0.15) is 6.61 Å². The van der Waals surface area contributed by atoms with E-state index in [-0.39, 0.29) is 6.61 Å². The molecule has 1 heterocycles. The molecular formula is C10H17N3O2. The molecule has 0 atom stereocenters. The number of hydroxylamine groups is 1. The van der Waals surface area contributed by atoms with Crippen LogP contribution in [0, 0.1) is 13.8 Å². The van der Waals surface area contributed by atoms with Crippen molar-refractivity contribution < 1.29 is 9.63 Å². The van der Waals surface area contributed by atoms with Crippen LogP contribution in [0.3, 0.4) is 0 Å². The second-order valence-electron chi connectivity index (χ2n) is 3.53. The number of nitrogens with one attached hydrogen (secondary N) is 1. The maximum Gasteiger partial charge on any atom is 0.245 e. The van der Waals surface area contributed by atoms with E-state index in [4.69, 9.17) is 10.6 Å². The van der Waals surface area contributed by atoms with E-state index in [1.165, 1.54) is 11.4 Å². The van der Waals surface area contributed by atoms with E-state index in [0.29, 0.717) is 6.54 Å². The molecule has 1 amide bonds. The number of hydrogen-bond acceptors (Lipinski definition) is 3. The first kappa shape index (κ1) is 11.7. The standard InChI is InChI=1S/C10H17N3O2/c1-7-4-9(8(2)13(7)3)5-12-15-6-10(11)14/h4,12H,5-6H2,1-3H3,(H2,11,14). The van der Waals surface area contributed by atoms with Gasteiger partial charge in [-0.1, -0.05) is 0 Å². The van der Waals surface area contributed by atoms with Gasteiger partial charge in [0, 0.05) is 25.0 Å². The second-order valence-corrected chi connectivity index (χ2v) is 3.53. The minimum absolute atomic E-state index is 0.106. The molecule has 5 nitrogen and oxygen atoms in total. The van der Waals surface area contributed by atoms with Gasteiger partial charge >= 0.3 is 0 Å². The average molecular weight is 211 g/mol. The highest BCUT2D eigenvalue weighted by Gasteiger charge is 2.05. The highest BCUT2D eigenvalue weighted by molar-refractivity contribution is 5.74. The Kier molecular flexibility index (Phi) is 3.88. The Morgan fingerprint density at radius 1 is 1.60 bits per heavy atom. The van der Waals surface area contributed by atoms with Crippen LogP contribution in [0.25, 0.3) is 0 Å². The molecule has 0 unspecified atom stereocenters. The third kappa shape index (κ3) is 3.07. The van der Waals surface area contributed by atoms with Crippen molar-refractivity contribution in [2.45, 2.75) is 20.4 Å². The van der Waals surface area contributed by atoms with Crippen LogP contribution in [0.1, 0.15) is 17.0 Å². The molecule has 0 aliphatic heterocycles. The molecule has 0 fully saturated rings. The van der Waals surface area contributed by atoms with Gasteiger partial charge in [-0.25, -0.2) is 0 Å². The van der Waals surface area contributed by atoms with Gasteiger partial charge in [0.2, 0.25) is 5.91 Å². The number of carbonyl (C=O) groups is 1. The maximum absolute atomic E-state index is 10.4. The molecule has 0 aliphatic rings. The summed E-state index contributed by atoms with van der Waals surface area (Å²) in [5.41, 5.74) is 11.2. The van der Waals surface area contributed by atoms with Gasteiger partial charge in [-0.3, -0.25) is 9.63 Å². The zero-order valence-corrected chi connectivity index (χ0v) is 9.33. The molecule has 0 aliphatic carbocycles. The Morgan fingerprint density at radius 2 is 2.27 bits per heavy atom. The Morgan fingerprint density at radius 3 is 2.73 bits per heavy atom. The van der Waals surface area contributed by atoms with Crippen molar-refractivity contribution in [2.24, 2.45) is 12.8 Å². The smallest absolute Gasteiger partial charge is 0.245 e. The molecule has 0 saturated carbocycles. The van der Waals surface area contributed by atoms with Crippen molar-refractivity contribution in [1.82, 2.24) is 10.0 Å². The summed E-state index contributed by atoms with van der Waals surface area (Å²) in [6.07, 6.45) is 0. The summed E-state index contributed by atoms with van der Waals surface area (Å²) < 4.78 is 2.10. The number of aromatic nitrogens is 1. The van der Waals surface area contributed by atoms with E-state index >= 15 is 0 Å². The summed E-state index contributed by atoms with van der Waals surface area (Å²) in [6.45, 7) is 4.55. The number of rotatable bonds is 5. The van der Waals surface area contributed by atoms with Gasteiger partial charge in [0.25, 0.3) is 0 Å². The van der Waals surface area contributed by atoms with Crippen LogP contribution >= 0.6 is 0 Å². The van der Waals surface area contributed by atoms with E-state index in [2.05, 4.69) is 16.1 Å². The predicted molar refractivity (Wildman–Crippen MR) is 56.9 cm³/mol. The highest BCUT2D eigenvalue weighted by Crippen LogP contribution is 2.12. The molecule has 84 valence electrons. The number of amides is 1. The molecule has 0 saturated heterocycles. The largest absolute Gasteiger partial charge is 0.368 e. The van der Waals surface area contributed by atoms with Gasteiger partial charge in [-0.05, 0) is 25.5 Å². The third-order valence-electron chi connectivity index (χ3n) is 2.46. The Hall–Kier alpha value is -1.33. The third-order valence-corrected chi connectivity index (χ3v) is 2.46. The normalized spacial score (nSPS) is 10.6. The fourth-order valence-corrected chi connectivity index (χ4v) is 1.36. The first-order valence-electron chi connectivity index (χ1n) is 4.77. The molecule has 0 spiro atoms. The van der Waals surface area contributed by atoms with Gasteiger partial charge in [0.15, 0.2) is 0 Å². The number of carbonyl (C=O) groups excluding carboxylic acids is 1. The molecule has 5 heteroatoms. The van der Waals surface area contributed by atoms with E-state index in [1.807, 2.05) is 20.9 Å². The van der Waals surface area contributed by atoms with E-state index < -0.39 is 5.91 Å². The fraction of sp³-hybridized carbons (Fsp3) is 0.500. The molecule has 0 radical (unpaired) electrons. The molecule has 1 aromatic heterocycles. The van der Waals surface area contributed by atoms with Crippen molar-refractivity contribution in [3.8, 4) is 0 Å². The highest BCUT2D eigenvalue weighted by atomic mass is 16.6. The first-order chi connectivity index (χ1) is 7.02. The summed E-state index contributed by atoms with van der Waals surface area (Å²) in [5, 5.41) is 0. The molecule has 15 heavy (non-hydrogen) atoms. The fourth-order valence-electron chi connectivity index (χ4n) is 1.36. The number of nitrogens with two attached hydrogens (primary N) is 1. The number of aryl methyl sites for hydroxylation is 1. The molecule has 1 aromatic rings. The van der Waals surface area contributed by atoms with Gasteiger partial charge in [-0.2, -0.15) is 5.48 Å². The van der Waals surface area contributed by atoms with Gasteiger partial charge in [0.05, 0.1) is 0 Å². The van der Waals surface area contributed by atoms with E-state index in [1.54, 1.807) is 0 Å². The summed E-state index contributed by atoms with van der Waals surface area (Å²) in [4.78, 5) is 15.3. The maximum atomic E-state index is 10.4. The average Bonchev–Trinajstić information content (AvgIpc) is 2.41. The van der Waals surface area contributed by atoms with Gasteiger partial charge in [-0.15, -0.1) is 0 Å². The zero-order valence-electron chi connectivity index (χ0n) is 9.33. The predicted octanol–water partition coefficient (Wildman–Crippen LogP) is 0.148. The van der Waals surface area contributed by atoms with Crippen molar-refractivity contribution in [1.29, 1.82) is 0 Å². The Labute approximate surface area is 89.2 Å². The number of nitrogens with zero attached hydrogens (tertiary/aromatic N) is 1. The topological polar surface area (TPSA) is 69.3 Å². The number of primary amides is 1. The molecule has 0 bridgehead atoms. The monoisotopic (exact) mass is 211 g/mol. The van der Waals surface area contributed by atoms with Gasteiger partial charge < -0.3 is 10.3 Å². The second kappa shape index (κ2) is 4.95. The lowest BCUT2D eigenvalue weighted by molar-refractivity contribution is -0.125. The van der Waals surface area contributed by atoms with Crippen LogP contribution in [0.2, 0.25) is 0 Å². The van der Waals surface area contributed by atoms with Crippen LogP contribution in [0.5, 0.6) is 0 Å². The van der Waals surface area contributed by atoms with Crippen molar-refractivity contribution in [2.75, 3.05) is 6.61 Å². The lowest BCUT2D eigenvalue weighted by Gasteiger charge is -2.04. The van der Waals surface area contributed by atoms with Crippen LogP contribution in [-0.2, 0) is 23.2 Å². The van der Waals surface area contributed by atoms with Crippen LogP contribution in [0.4, 0.5) is 0 Å². The van der Waals surface area contributed by atoms with Crippen molar-refractivity contribution in [3.63, 3.8) is 0 Å². The minimum Gasteiger partial charge on any atom is -0.368 e. The summed E-state index contributed by atoms with van der Waals surface area (Å²) in [6, 6.07) is 2.08. The Bertz CT molecular complexity index is 358. The SMILES string of the molecule is Cc1cc(CNOCC(N)=O)c(C)n1C. The molecule has 0 aromatic carbocycles. The summed E-state index contributed by atoms with van der Waals surface area (Å²) >= 11 is 0. The first-order valence-corrected chi connectivity index (χ1v) is 4.77. The molecule has 1 rings (SSSR count). The minimum atomic E-state index is -0.483. The lowest BCUT2D eigenvalue weighted by atomic mass is 10.2. The zero-order chi connectivity index (χ0) is 11.4. The van der Waals surface area contributed by atoms with Crippen molar-refractivity contribution >= 4 is 5.91 Å². The number of hydrogen-bond donors (Lipinski definition) is 2. The summed E-state index contributed by atoms with van der Waals surface area (Å²) in [7, 11) is 2.01. The van der Waals surface area contributed by atoms with E-state index in [0.717, 1.165) is 5.56 Å². The van der Waals surface area contributed by atoms with E-state index in [9.17, 15) is 4.79 Å². The molecule has 3 N–H and O–H groups in total. The Balaban J connectivity index is 2.44. The van der Waals surface area contributed by atoms with Crippen LogP contribution < -0.4 is 11.2 Å². The van der Waals surface area contributed by atoms with Crippen LogP contribution in [-0.4, -0.2) is 17.1 Å². The summed E-state index contributed by atoms with van der Waals surface area (Å²) in [5.74, 6) is -0.483. The van der Waals surface area contributed by atoms with Crippen molar-refractivity contribution in [3.05, 3.63) is 23.0 Å². The molecular weight excluding hydrogens is 194 g/mol. The quantitative estimate of drug-likeness (QED) is 0.538. The van der Waals surface area contributed by atoms with Crippen LogP contribution in [0.15, 0.2) is 6.07 Å². The lowest BCUT2D eigenvalue weighted by Crippen LogP contribution is -2.24.